The molecule has 0 aliphatic carbocycles. The molecule has 9 rings (SSSR count). The maximum Gasteiger partial charge on any atom is 0.143 e. The SMILES string of the molecule is [2H]c1c([2H])c([2H])c(-c2c3c([2H])c([2H])c([2H])c([2H])c3c(-c3c(-c4c([2H])c([2H])c([2H])c5c([2H])c([2H])c([2H])c([2H])c45)oc4c(-c5ccccc5)cccc34)c3c([2H])c([2H])c([2H])c([2H])c23)c([2H])c1[2H]. The van der Waals surface area contributed by atoms with Crippen molar-refractivity contribution in [3.63, 3.8) is 0 Å². The minimum atomic E-state index is -0.842. The van der Waals surface area contributed by atoms with Gasteiger partial charge in [0.1, 0.15) is 11.3 Å². The number of furan rings is 1. The molecule has 0 aliphatic heterocycles. The van der Waals surface area contributed by atoms with Gasteiger partial charge in [0.2, 0.25) is 0 Å². The van der Waals surface area contributed by atoms with E-state index < -0.39 is 176 Å². The van der Waals surface area contributed by atoms with Gasteiger partial charge in [-0.15, -0.1) is 0 Å². The number of benzene rings is 8. The van der Waals surface area contributed by atoms with E-state index in [1.54, 1.807) is 42.5 Å². The minimum absolute atomic E-state index is 0.0382. The van der Waals surface area contributed by atoms with Crippen LogP contribution in [0, 0.1) is 0 Å². The Kier molecular flexibility index (Phi) is 2.90. The molecular weight excluding hydrogens is 544 g/mol. The monoisotopic (exact) mass is 592 g/mol. The van der Waals surface area contributed by atoms with E-state index in [4.69, 9.17) is 25.0 Å². The number of hydrogen-bond donors (Lipinski definition) is 0. The van der Waals surface area contributed by atoms with Gasteiger partial charge in [0, 0.05) is 27.6 Å². The summed E-state index contributed by atoms with van der Waals surface area (Å²) in [5, 5.41) is -2.72. The van der Waals surface area contributed by atoms with E-state index in [1.807, 2.05) is 0 Å². The van der Waals surface area contributed by atoms with Gasteiger partial charge in [0.05, 0.1) is 27.4 Å². The molecule has 1 aromatic heterocycles. The molecule has 0 aliphatic rings. The number of hydrogen-bond acceptors (Lipinski definition) is 1. The Morgan fingerprint density at radius 1 is 0.378 bits per heavy atom. The first-order valence-electron chi connectivity index (χ1n) is 23.8. The van der Waals surface area contributed by atoms with Crippen LogP contribution in [-0.2, 0) is 0 Å². The maximum atomic E-state index is 9.56. The lowest BCUT2D eigenvalue weighted by molar-refractivity contribution is 0.634. The lowest BCUT2D eigenvalue weighted by atomic mass is 9.84. The van der Waals surface area contributed by atoms with Gasteiger partial charge in [-0.3, -0.25) is 0 Å². The first-order valence-corrected chi connectivity index (χ1v) is 13.8. The molecule has 0 unspecified atom stereocenters. The summed E-state index contributed by atoms with van der Waals surface area (Å²) in [5.41, 5.74) is -1.15. The summed E-state index contributed by atoms with van der Waals surface area (Å²) < 4.78 is 186. The van der Waals surface area contributed by atoms with E-state index >= 15 is 0 Å². The molecule has 0 amide bonds. The van der Waals surface area contributed by atoms with Crippen molar-refractivity contribution < 1.29 is 31.8 Å². The predicted molar refractivity (Wildman–Crippen MR) is 190 cm³/mol. The minimum Gasteiger partial charge on any atom is -0.455 e. The van der Waals surface area contributed by atoms with Crippen LogP contribution in [-0.4, -0.2) is 0 Å². The van der Waals surface area contributed by atoms with Crippen molar-refractivity contribution in [2.24, 2.45) is 0 Å². The summed E-state index contributed by atoms with van der Waals surface area (Å²) >= 11 is 0. The van der Waals surface area contributed by atoms with Gasteiger partial charge < -0.3 is 4.42 Å². The zero-order chi connectivity index (χ0) is 47.1. The van der Waals surface area contributed by atoms with Gasteiger partial charge in [-0.25, -0.2) is 0 Å². The quantitative estimate of drug-likeness (QED) is 0.185. The average molecular weight is 593 g/mol. The van der Waals surface area contributed by atoms with Gasteiger partial charge in [-0.2, -0.15) is 0 Å². The van der Waals surface area contributed by atoms with E-state index in [9.17, 15) is 6.85 Å². The predicted octanol–water partition coefficient (Wildman–Crippen LogP) is 12.6. The topological polar surface area (TPSA) is 13.1 Å². The van der Waals surface area contributed by atoms with Gasteiger partial charge in [-0.1, -0.05) is 169 Å². The standard InChI is InChI=1S/C44H28O/c1-3-15-30(16-4-1)33-26-14-28-39-42(44(45-43(33)39)38-27-13-20-29-17-7-8-21-32(29)38)41-36-24-11-9-22-34(36)40(31-18-5-2-6-19-31)35-23-10-12-25-37(35)41/h1-28H/i2D,5D,6D,7D,8D,9D,10D,11D,12D,13D,17D,18D,19D,20D,21D,22D,23D,24D,25D,27D. The Morgan fingerprint density at radius 2 is 0.978 bits per heavy atom. The summed E-state index contributed by atoms with van der Waals surface area (Å²) in [6.45, 7) is 0. The van der Waals surface area contributed by atoms with Crippen LogP contribution in [0.1, 0.15) is 27.4 Å². The molecule has 0 radical (unpaired) electrons. The van der Waals surface area contributed by atoms with Crippen LogP contribution in [0.2, 0.25) is 0 Å². The molecule has 0 N–H and O–H groups in total. The molecule has 0 bridgehead atoms. The molecule has 1 nitrogen and oxygen atoms in total. The Morgan fingerprint density at radius 3 is 1.69 bits per heavy atom. The fourth-order valence-corrected chi connectivity index (χ4v) is 5.87. The van der Waals surface area contributed by atoms with Crippen LogP contribution in [0.25, 0.3) is 88.0 Å². The highest BCUT2D eigenvalue weighted by atomic mass is 16.3. The Bertz CT molecular complexity index is 3540. The summed E-state index contributed by atoms with van der Waals surface area (Å²) in [5.74, 6) is -0.435. The highest BCUT2D eigenvalue weighted by Gasteiger charge is 2.26. The van der Waals surface area contributed by atoms with E-state index in [0.717, 1.165) is 0 Å². The van der Waals surface area contributed by atoms with Crippen LogP contribution in [0.3, 0.4) is 0 Å². The molecule has 1 heteroatoms. The highest BCUT2D eigenvalue weighted by molar-refractivity contribution is 6.25. The second kappa shape index (κ2) is 10.4. The average Bonchev–Trinajstić information content (AvgIpc) is 3.68. The van der Waals surface area contributed by atoms with E-state index in [2.05, 4.69) is 0 Å². The third kappa shape index (κ3) is 4.02. The van der Waals surface area contributed by atoms with Gasteiger partial charge in [0.15, 0.2) is 0 Å². The van der Waals surface area contributed by atoms with Gasteiger partial charge in [0.25, 0.3) is 0 Å². The fraction of sp³-hybridized carbons (Fsp3) is 0. The van der Waals surface area contributed by atoms with Crippen molar-refractivity contribution in [2.75, 3.05) is 0 Å². The fourth-order valence-electron chi connectivity index (χ4n) is 5.87. The number of para-hydroxylation sites is 1. The lowest BCUT2D eigenvalue weighted by Crippen LogP contribution is -1.91. The Balaban J connectivity index is 1.68. The smallest absolute Gasteiger partial charge is 0.143 e. The van der Waals surface area contributed by atoms with Crippen LogP contribution in [0.4, 0.5) is 0 Å². The molecular formula is C44H28O. The van der Waals surface area contributed by atoms with Crippen molar-refractivity contribution in [3.05, 3.63) is 169 Å². The van der Waals surface area contributed by atoms with E-state index in [0.29, 0.717) is 11.1 Å². The van der Waals surface area contributed by atoms with Crippen LogP contribution in [0.5, 0.6) is 0 Å². The highest BCUT2D eigenvalue weighted by Crippen LogP contribution is 2.51. The number of fused-ring (bicyclic) bond motifs is 4. The number of rotatable bonds is 4. The molecule has 0 saturated heterocycles. The third-order valence-corrected chi connectivity index (χ3v) is 7.71. The van der Waals surface area contributed by atoms with Crippen molar-refractivity contribution in [1.29, 1.82) is 0 Å². The van der Waals surface area contributed by atoms with Crippen molar-refractivity contribution in [2.45, 2.75) is 0 Å². The molecule has 0 atom stereocenters. The van der Waals surface area contributed by atoms with Gasteiger partial charge in [-0.05, 0) is 49.0 Å². The molecule has 0 spiro atoms. The maximum absolute atomic E-state index is 9.56. The van der Waals surface area contributed by atoms with E-state index in [1.165, 1.54) is 6.07 Å². The zero-order valence-electron chi connectivity index (χ0n) is 43.0. The second-order valence-corrected chi connectivity index (χ2v) is 10.1. The van der Waals surface area contributed by atoms with Crippen molar-refractivity contribution in [1.82, 2.24) is 0 Å². The third-order valence-electron chi connectivity index (χ3n) is 7.71. The summed E-state index contributed by atoms with van der Waals surface area (Å²) in [7, 11) is 0. The lowest BCUT2D eigenvalue weighted by Gasteiger charge is -2.18. The zero-order valence-corrected chi connectivity index (χ0v) is 23.0. The van der Waals surface area contributed by atoms with Crippen molar-refractivity contribution in [3.8, 4) is 44.7 Å². The van der Waals surface area contributed by atoms with E-state index in [-0.39, 0.29) is 22.1 Å². The first kappa shape index (κ1) is 12.6. The summed E-state index contributed by atoms with van der Waals surface area (Å²) in [6.07, 6.45) is 0. The van der Waals surface area contributed by atoms with Crippen LogP contribution in [0.15, 0.2) is 174 Å². The molecule has 9 aromatic rings. The molecule has 1 heterocycles. The van der Waals surface area contributed by atoms with Gasteiger partial charge >= 0.3 is 0 Å². The van der Waals surface area contributed by atoms with Crippen molar-refractivity contribution >= 4 is 43.3 Å². The van der Waals surface area contributed by atoms with Crippen LogP contribution >= 0.6 is 0 Å². The second-order valence-electron chi connectivity index (χ2n) is 10.1. The molecule has 45 heavy (non-hydrogen) atoms. The van der Waals surface area contributed by atoms with Crippen LogP contribution < -0.4 is 0 Å². The Labute approximate surface area is 289 Å². The largest absolute Gasteiger partial charge is 0.455 e. The Hall–Kier alpha value is -5.92. The normalized spacial score (nSPS) is 17.8. The molecule has 0 fully saturated rings. The summed E-state index contributed by atoms with van der Waals surface area (Å²) in [6, 6.07) is -2.28. The first-order chi connectivity index (χ1) is 30.7. The molecule has 210 valence electrons. The molecule has 0 saturated carbocycles. The molecule has 8 aromatic carbocycles. The summed E-state index contributed by atoms with van der Waals surface area (Å²) in [4.78, 5) is 0.